The number of nitrogens with one attached hydrogen (secondary N) is 1. The number of hydrogen-bond donors (Lipinski definition) is 2. The van der Waals surface area contributed by atoms with Crippen molar-refractivity contribution < 1.29 is 9.18 Å². The summed E-state index contributed by atoms with van der Waals surface area (Å²) in [5.74, 6) is -0.326. The van der Waals surface area contributed by atoms with Crippen LogP contribution in [-0.2, 0) is 11.2 Å². The standard InChI is InChI=1S/C23H25FN4O/c24-18-8-6-16(7-9-18)23-17(15-28(27-23)21-4-2-1-3-5-21)14-22(29)26-20-12-10-19(25)11-13-20/h1-9,15,19-20H,10-14,25H2,(H,26,29). The van der Waals surface area contributed by atoms with Gasteiger partial charge in [-0.25, -0.2) is 9.07 Å². The van der Waals surface area contributed by atoms with E-state index in [0.717, 1.165) is 42.5 Å². The number of benzene rings is 2. The third-order valence-electron chi connectivity index (χ3n) is 5.42. The van der Waals surface area contributed by atoms with E-state index in [1.165, 1.54) is 12.1 Å². The normalized spacial score (nSPS) is 19.1. The van der Waals surface area contributed by atoms with Gasteiger partial charge < -0.3 is 11.1 Å². The van der Waals surface area contributed by atoms with Gasteiger partial charge in [-0.15, -0.1) is 0 Å². The average Bonchev–Trinajstić information content (AvgIpc) is 3.14. The third kappa shape index (κ3) is 4.71. The summed E-state index contributed by atoms with van der Waals surface area (Å²) in [6.07, 6.45) is 5.82. The molecule has 3 aromatic rings. The topological polar surface area (TPSA) is 72.9 Å². The molecule has 1 amide bonds. The molecule has 1 aliphatic rings. The van der Waals surface area contributed by atoms with Crippen LogP contribution in [0.3, 0.4) is 0 Å². The first-order valence-corrected chi connectivity index (χ1v) is 10.0. The van der Waals surface area contributed by atoms with E-state index in [1.54, 1.807) is 16.8 Å². The summed E-state index contributed by atoms with van der Waals surface area (Å²) in [6.45, 7) is 0. The van der Waals surface area contributed by atoms with Crippen molar-refractivity contribution in [2.75, 3.05) is 0 Å². The van der Waals surface area contributed by atoms with E-state index >= 15 is 0 Å². The fourth-order valence-corrected chi connectivity index (χ4v) is 3.82. The fourth-order valence-electron chi connectivity index (χ4n) is 3.82. The predicted octanol–water partition coefficient (Wildman–Crippen LogP) is 3.61. The summed E-state index contributed by atoms with van der Waals surface area (Å²) in [5.41, 5.74) is 9.14. The Bertz CT molecular complexity index is 960. The molecule has 1 aromatic heterocycles. The Kier molecular flexibility index (Phi) is 5.71. The lowest BCUT2D eigenvalue weighted by Gasteiger charge is -2.26. The van der Waals surface area contributed by atoms with Gasteiger partial charge in [0.15, 0.2) is 0 Å². The van der Waals surface area contributed by atoms with Crippen molar-refractivity contribution in [1.29, 1.82) is 0 Å². The number of amides is 1. The minimum Gasteiger partial charge on any atom is -0.353 e. The highest BCUT2D eigenvalue weighted by Crippen LogP contribution is 2.25. The summed E-state index contributed by atoms with van der Waals surface area (Å²) < 4.78 is 15.1. The predicted molar refractivity (Wildman–Crippen MR) is 111 cm³/mol. The van der Waals surface area contributed by atoms with Gasteiger partial charge in [0.05, 0.1) is 17.8 Å². The van der Waals surface area contributed by atoms with Crippen LogP contribution < -0.4 is 11.1 Å². The van der Waals surface area contributed by atoms with E-state index in [1.807, 2.05) is 36.5 Å². The lowest BCUT2D eigenvalue weighted by atomic mass is 9.91. The van der Waals surface area contributed by atoms with Gasteiger partial charge in [-0.05, 0) is 62.1 Å². The first-order valence-electron chi connectivity index (χ1n) is 10.0. The van der Waals surface area contributed by atoms with Crippen molar-refractivity contribution in [3.05, 3.63) is 72.2 Å². The van der Waals surface area contributed by atoms with Crippen molar-refractivity contribution in [3.8, 4) is 16.9 Å². The van der Waals surface area contributed by atoms with Crippen LogP contribution in [0.5, 0.6) is 0 Å². The molecule has 150 valence electrons. The zero-order chi connectivity index (χ0) is 20.2. The second kappa shape index (κ2) is 8.57. The smallest absolute Gasteiger partial charge is 0.224 e. The Hall–Kier alpha value is -2.99. The molecule has 0 bridgehead atoms. The molecule has 0 spiro atoms. The maximum atomic E-state index is 13.4. The Balaban J connectivity index is 1.58. The lowest BCUT2D eigenvalue weighted by molar-refractivity contribution is -0.121. The van der Waals surface area contributed by atoms with Gasteiger partial charge in [-0.1, -0.05) is 18.2 Å². The molecule has 1 saturated carbocycles. The van der Waals surface area contributed by atoms with Crippen LogP contribution in [0.4, 0.5) is 4.39 Å². The summed E-state index contributed by atoms with van der Waals surface area (Å²) in [6, 6.07) is 16.4. The second-order valence-corrected chi connectivity index (χ2v) is 7.65. The summed E-state index contributed by atoms with van der Waals surface area (Å²) in [5, 5.41) is 7.82. The van der Waals surface area contributed by atoms with Gasteiger partial charge in [0.25, 0.3) is 0 Å². The molecule has 0 radical (unpaired) electrons. The number of nitrogens with zero attached hydrogens (tertiary/aromatic N) is 2. The van der Waals surface area contributed by atoms with Crippen LogP contribution in [0.2, 0.25) is 0 Å². The molecule has 1 heterocycles. The van der Waals surface area contributed by atoms with Gasteiger partial charge in [0.1, 0.15) is 5.82 Å². The minimum absolute atomic E-state index is 0.0264. The van der Waals surface area contributed by atoms with Crippen LogP contribution in [0, 0.1) is 5.82 Å². The number of nitrogens with two attached hydrogens (primary N) is 1. The Morgan fingerprint density at radius 1 is 1.07 bits per heavy atom. The molecule has 29 heavy (non-hydrogen) atoms. The fraction of sp³-hybridized carbons (Fsp3) is 0.304. The molecule has 6 heteroatoms. The molecule has 1 fully saturated rings. The van der Waals surface area contributed by atoms with Gasteiger partial charge in [-0.2, -0.15) is 5.10 Å². The van der Waals surface area contributed by atoms with E-state index in [4.69, 9.17) is 5.73 Å². The average molecular weight is 392 g/mol. The molecule has 1 aliphatic carbocycles. The number of rotatable bonds is 5. The number of para-hydroxylation sites is 1. The largest absolute Gasteiger partial charge is 0.353 e. The number of halogens is 1. The van der Waals surface area contributed by atoms with E-state index in [-0.39, 0.29) is 30.2 Å². The van der Waals surface area contributed by atoms with E-state index < -0.39 is 0 Å². The van der Waals surface area contributed by atoms with Gasteiger partial charge in [-0.3, -0.25) is 4.79 Å². The zero-order valence-corrected chi connectivity index (χ0v) is 16.2. The molecule has 0 aliphatic heterocycles. The Morgan fingerprint density at radius 2 is 1.76 bits per heavy atom. The van der Waals surface area contributed by atoms with E-state index in [9.17, 15) is 9.18 Å². The summed E-state index contributed by atoms with van der Waals surface area (Å²) >= 11 is 0. The highest BCUT2D eigenvalue weighted by atomic mass is 19.1. The maximum absolute atomic E-state index is 13.4. The van der Waals surface area contributed by atoms with Crippen molar-refractivity contribution >= 4 is 5.91 Å². The maximum Gasteiger partial charge on any atom is 0.224 e. The monoisotopic (exact) mass is 392 g/mol. The highest BCUT2D eigenvalue weighted by molar-refractivity contribution is 5.81. The second-order valence-electron chi connectivity index (χ2n) is 7.65. The number of aromatic nitrogens is 2. The quantitative estimate of drug-likeness (QED) is 0.697. The molecule has 0 atom stereocenters. The highest BCUT2D eigenvalue weighted by Gasteiger charge is 2.21. The van der Waals surface area contributed by atoms with Gasteiger partial charge in [0.2, 0.25) is 5.91 Å². The van der Waals surface area contributed by atoms with Crippen LogP contribution in [0.25, 0.3) is 16.9 Å². The third-order valence-corrected chi connectivity index (χ3v) is 5.42. The first kappa shape index (κ1) is 19.3. The Morgan fingerprint density at radius 3 is 2.45 bits per heavy atom. The zero-order valence-electron chi connectivity index (χ0n) is 16.2. The van der Waals surface area contributed by atoms with Crippen molar-refractivity contribution in [1.82, 2.24) is 15.1 Å². The van der Waals surface area contributed by atoms with Crippen molar-refractivity contribution in [2.24, 2.45) is 5.73 Å². The van der Waals surface area contributed by atoms with E-state index in [2.05, 4.69) is 10.4 Å². The molecular weight excluding hydrogens is 367 g/mol. The van der Waals surface area contributed by atoms with Gasteiger partial charge >= 0.3 is 0 Å². The van der Waals surface area contributed by atoms with E-state index in [0.29, 0.717) is 5.69 Å². The molecule has 2 aromatic carbocycles. The summed E-state index contributed by atoms with van der Waals surface area (Å²) in [7, 11) is 0. The molecule has 0 saturated heterocycles. The number of hydrogen-bond acceptors (Lipinski definition) is 3. The molecule has 4 rings (SSSR count). The van der Waals surface area contributed by atoms with Crippen molar-refractivity contribution in [3.63, 3.8) is 0 Å². The molecule has 5 nitrogen and oxygen atoms in total. The van der Waals surface area contributed by atoms with Crippen LogP contribution in [-0.4, -0.2) is 27.8 Å². The van der Waals surface area contributed by atoms with Gasteiger partial charge in [0, 0.05) is 29.4 Å². The molecule has 0 unspecified atom stereocenters. The van der Waals surface area contributed by atoms with Crippen LogP contribution in [0.15, 0.2) is 60.8 Å². The lowest BCUT2D eigenvalue weighted by Crippen LogP contribution is -2.41. The minimum atomic E-state index is -0.300. The van der Waals surface area contributed by atoms with Crippen molar-refractivity contribution in [2.45, 2.75) is 44.2 Å². The van der Waals surface area contributed by atoms with Crippen LogP contribution >= 0.6 is 0 Å². The summed E-state index contributed by atoms with van der Waals surface area (Å²) in [4.78, 5) is 12.7. The Labute approximate surface area is 169 Å². The SMILES string of the molecule is NC1CCC(NC(=O)Cc2cn(-c3ccccc3)nc2-c2ccc(F)cc2)CC1. The first-order chi connectivity index (χ1) is 14.1. The molecule has 3 N–H and O–H groups in total. The number of carbonyl (C=O) groups is 1. The molecular formula is C23H25FN4O. The van der Waals surface area contributed by atoms with Crippen LogP contribution in [0.1, 0.15) is 31.2 Å². The number of carbonyl (C=O) groups excluding carboxylic acids is 1.